The maximum absolute atomic E-state index is 13.2. The lowest BCUT2D eigenvalue weighted by Gasteiger charge is -2.09. The van der Waals surface area contributed by atoms with E-state index in [-0.39, 0.29) is 5.91 Å². The number of para-hydroxylation sites is 2. The molecule has 4 aromatic rings. The van der Waals surface area contributed by atoms with E-state index in [4.69, 9.17) is 10.00 Å². The fourth-order valence-corrected chi connectivity index (χ4v) is 3.40. The van der Waals surface area contributed by atoms with Gasteiger partial charge in [0.25, 0.3) is 5.91 Å². The summed E-state index contributed by atoms with van der Waals surface area (Å²) in [6, 6.07) is 27.1. The van der Waals surface area contributed by atoms with Gasteiger partial charge in [-0.3, -0.25) is 4.79 Å². The summed E-state index contributed by atoms with van der Waals surface area (Å²) in [6.07, 6.45) is 2.93. The molecular weight excluding hydrogens is 412 g/mol. The van der Waals surface area contributed by atoms with Crippen LogP contribution in [-0.4, -0.2) is 22.5 Å². The molecule has 1 aromatic heterocycles. The average molecular weight is 437 g/mol. The van der Waals surface area contributed by atoms with Crippen molar-refractivity contribution in [2.45, 2.75) is 19.4 Å². The molecule has 0 fully saturated rings. The molecule has 1 amide bonds. The van der Waals surface area contributed by atoms with Crippen LogP contribution in [0.5, 0.6) is 5.75 Å². The molecule has 0 bridgehead atoms. The Morgan fingerprint density at radius 1 is 1.06 bits per heavy atom. The minimum absolute atomic E-state index is 0.224. The zero-order valence-corrected chi connectivity index (χ0v) is 18.1. The number of aromatic nitrogens is 2. The molecule has 0 saturated carbocycles. The standard InChI is InChI=1S/C27H24N4O2/c28-15-6-7-16-33-22-12-8-11-21(17-22)18-23(26-30-24-13-4-5-14-25(24)31-26)27(32)29-19-20-9-2-1-3-10-20/h1-5,8-14,17-18H,6-7,16,19H2,(H,29,32)(H,30,31)/b23-18+. The number of carbonyl (C=O) groups excluding carboxylic acids is 1. The van der Waals surface area contributed by atoms with Crippen molar-refractivity contribution < 1.29 is 9.53 Å². The summed E-state index contributed by atoms with van der Waals surface area (Å²) in [5.74, 6) is 0.968. The van der Waals surface area contributed by atoms with E-state index in [1.165, 1.54) is 0 Å². The van der Waals surface area contributed by atoms with Crippen LogP contribution in [0.3, 0.4) is 0 Å². The van der Waals surface area contributed by atoms with Crippen LogP contribution in [0, 0.1) is 11.3 Å². The largest absolute Gasteiger partial charge is 0.494 e. The summed E-state index contributed by atoms with van der Waals surface area (Å²) in [6.45, 7) is 0.883. The van der Waals surface area contributed by atoms with E-state index in [9.17, 15) is 4.79 Å². The predicted molar refractivity (Wildman–Crippen MR) is 129 cm³/mol. The number of hydrogen-bond acceptors (Lipinski definition) is 4. The molecule has 0 unspecified atom stereocenters. The molecule has 6 heteroatoms. The zero-order valence-electron chi connectivity index (χ0n) is 18.1. The number of amides is 1. The zero-order chi connectivity index (χ0) is 22.9. The van der Waals surface area contributed by atoms with Crippen LogP contribution in [0.1, 0.15) is 29.8 Å². The Bertz CT molecular complexity index is 1270. The van der Waals surface area contributed by atoms with Crippen LogP contribution in [0.15, 0.2) is 78.9 Å². The van der Waals surface area contributed by atoms with Gasteiger partial charge in [-0.2, -0.15) is 5.26 Å². The number of hydrogen-bond donors (Lipinski definition) is 2. The second-order valence-corrected chi connectivity index (χ2v) is 7.51. The highest BCUT2D eigenvalue weighted by Crippen LogP contribution is 2.22. The quantitative estimate of drug-likeness (QED) is 0.282. The van der Waals surface area contributed by atoms with Gasteiger partial charge in [0.2, 0.25) is 0 Å². The number of benzene rings is 3. The molecule has 164 valence electrons. The fourth-order valence-electron chi connectivity index (χ4n) is 3.40. The minimum Gasteiger partial charge on any atom is -0.494 e. The normalized spacial score (nSPS) is 11.2. The topological polar surface area (TPSA) is 90.8 Å². The van der Waals surface area contributed by atoms with E-state index in [0.29, 0.717) is 43.1 Å². The van der Waals surface area contributed by atoms with Gasteiger partial charge in [-0.15, -0.1) is 0 Å². The van der Waals surface area contributed by atoms with Crippen molar-refractivity contribution in [2.75, 3.05) is 6.61 Å². The third kappa shape index (κ3) is 5.86. The SMILES string of the molecule is N#CCCCOc1cccc(/C=C(/C(=O)NCc2ccccc2)c2nc3ccccc3[nH]2)c1. The Labute approximate surface area is 192 Å². The van der Waals surface area contributed by atoms with Crippen molar-refractivity contribution in [3.8, 4) is 11.8 Å². The van der Waals surface area contributed by atoms with Crippen molar-refractivity contribution in [1.82, 2.24) is 15.3 Å². The molecule has 0 saturated heterocycles. The third-order valence-corrected chi connectivity index (χ3v) is 5.06. The van der Waals surface area contributed by atoms with E-state index in [2.05, 4.69) is 21.4 Å². The predicted octanol–water partition coefficient (Wildman–Crippen LogP) is 5.10. The number of aromatic amines is 1. The number of H-pyrrole nitrogens is 1. The van der Waals surface area contributed by atoms with E-state index >= 15 is 0 Å². The smallest absolute Gasteiger partial charge is 0.255 e. The fraction of sp³-hybridized carbons (Fsp3) is 0.148. The van der Waals surface area contributed by atoms with Crippen molar-refractivity contribution in [1.29, 1.82) is 5.26 Å². The van der Waals surface area contributed by atoms with Crippen LogP contribution in [-0.2, 0) is 11.3 Å². The van der Waals surface area contributed by atoms with E-state index < -0.39 is 0 Å². The molecule has 0 radical (unpaired) electrons. The molecule has 1 heterocycles. The lowest BCUT2D eigenvalue weighted by atomic mass is 10.1. The van der Waals surface area contributed by atoms with Gasteiger partial charge >= 0.3 is 0 Å². The van der Waals surface area contributed by atoms with Crippen LogP contribution in [0.4, 0.5) is 0 Å². The summed E-state index contributed by atoms with van der Waals surface area (Å²) in [7, 11) is 0. The monoisotopic (exact) mass is 436 g/mol. The molecule has 4 rings (SSSR count). The molecule has 0 aliphatic rings. The summed E-state index contributed by atoms with van der Waals surface area (Å²) in [5, 5.41) is 11.7. The van der Waals surface area contributed by atoms with E-state index in [0.717, 1.165) is 22.2 Å². The Balaban J connectivity index is 1.61. The highest BCUT2D eigenvalue weighted by molar-refractivity contribution is 6.23. The maximum atomic E-state index is 13.2. The number of imidazole rings is 1. The molecule has 2 N–H and O–H groups in total. The van der Waals surface area contributed by atoms with Crippen LogP contribution < -0.4 is 10.1 Å². The molecule has 0 aliphatic carbocycles. The number of fused-ring (bicyclic) bond motifs is 1. The molecule has 0 aliphatic heterocycles. The Hall–Kier alpha value is -4.37. The molecule has 33 heavy (non-hydrogen) atoms. The molecule has 0 atom stereocenters. The Kier molecular flexibility index (Phi) is 7.14. The Morgan fingerprint density at radius 3 is 2.70 bits per heavy atom. The van der Waals surface area contributed by atoms with Gasteiger partial charge in [-0.25, -0.2) is 4.98 Å². The van der Waals surface area contributed by atoms with Crippen molar-refractivity contribution in [3.63, 3.8) is 0 Å². The number of nitriles is 1. The second-order valence-electron chi connectivity index (χ2n) is 7.51. The van der Waals surface area contributed by atoms with Crippen molar-refractivity contribution >= 4 is 28.6 Å². The number of ether oxygens (including phenoxy) is 1. The van der Waals surface area contributed by atoms with Gasteiger partial charge in [0.1, 0.15) is 11.6 Å². The van der Waals surface area contributed by atoms with Gasteiger partial charge in [0.15, 0.2) is 0 Å². The summed E-state index contributed by atoms with van der Waals surface area (Å²) in [5.41, 5.74) is 3.93. The molecular formula is C27H24N4O2. The van der Waals surface area contributed by atoms with Gasteiger partial charge in [0.05, 0.1) is 29.3 Å². The first-order chi connectivity index (χ1) is 16.2. The minimum atomic E-state index is -0.224. The van der Waals surface area contributed by atoms with Crippen molar-refractivity contribution in [2.24, 2.45) is 0 Å². The summed E-state index contributed by atoms with van der Waals surface area (Å²) in [4.78, 5) is 21.1. The number of unbranched alkanes of at least 4 members (excludes halogenated alkanes) is 1. The first-order valence-corrected chi connectivity index (χ1v) is 10.8. The van der Waals surface area contributed by atoms with Gasteiger partial charge in [-0.1, -0.05) is 54.6 Å². The van der Waals surface area contributed by atoms with Gasteiger partial charge < -0.3 is 15.0 Å². The van der Waals surface area contributed by atoms with Crippen LogP contribution in [0.2, 0.25) is 0 Å². The van der Waals surface area contributed by atoms with Gasteiger partial charge in [-0.05, 0) is 47.9 Å². The number of nitrogens with one attached hydrogen (secondary N) is 2. The van der Waals surface area contributed by atoms with Crippen LogP contribution >= 0.6 is 0 Å². The number of rotatable bonds is 9. The van der Waals surface area contributed by atoms with Crippen LogP contribution in [0.25, 0.3) is 22.7 Å². The first-order valence-electron chi connectivity index (χ1n) is 10.8. The molecule has 6 nitrogen and oxygen atoms in total. The van der Waals surface area contributed by atoms with E-state index in [1.807, 2.05) is 78.9 Å². The number of nitrogens with zero attached hydrogens (tertiary/aromatic N) is 2. The third-order valence-electron chi connectivity index (χ3n) is 5.06. The van der Waals surface area contributed by atoms with Gasteiger partial charge in [0, 0.05) is 13.0 Å². The highest BCUT2D eigenvalue weighted by Gasteiger charge is 2.16. The van der Waals surface area contributed by atoms with Crippen molar-refractivity contribution in [3.05, 3.63) is 95.8 Å². The summed E-state index contributed by atoms with van der Waals surface area (Å²) >= 11 is 0. The Morgan fingerprint density at radius 2 is 1.88 bits per heavy atom. The lowest BCUT2D eigenvalue weighted by molar-refractivity contribution is -0.115. The highest BCUT2D eigenvalue weighted by atomic mass is 16.5. The molecule has 0 spiro atoms. The first kappa shape index (κ1) is 21.8. The lowest BCUT2D eigenvalue weighted by Crippen LogP contribution is -2.24. The average Bonchev–Trinajstić information content (AvgIpc) is 3.29. The summed E-state index contributed by atoms with van der Waals surface area (Å²) < 4.78 is 5.75. The van der Waals surface area contributed by atoms with E-state index in [1.54, 1.807) is 6.08 Å². The molecule has 3 aromatic carbocycles. The maximum Gasteiger partial charge on any atom is 0.255 e. The number of carbonyl (C=O) groups is 1. The second kappa shape index (κ2) is 10.8.